The molecule has 6 heteroatoms. The quantitative estimate of drug-likeness (QED) is 0.828. The second-order valence-electron chi connectivity index (χ2n) is 3.99. The number of imide groups is 1. The van der Waals surface area contributed by atoms with Gasteiger partial charge in [0.1, 0.15) is 5.75 Å². The maximum Gasteiger partial charge on any atom is 0.290 e. The van der Waals surface area contributed by atoms with E-state index in [4.69, 9.17) is 4.74 Å². The summed E-state index contributed by atoms with van der Waals surface area (Å²) in [5, 5.41) is 11.5. The van der Waals surface area contributed by atoms with Gasteiger partial charge in [0, 0.05) is 5.56 Å². The van der Waals surface area contributed by atoms with Gasteiger partial charge >= 0.3 is 0 Å². The van der Waals surface area contributed by atoms with Crippen LogP contribution in [0.2, 0.25) is 0 Å². The van der Waals surface area contributed by atoms with Crippen LogP contribution in [-0.2, 0) is 4.79 Å². The lowest BCUT2D eigenvalue weighted by molar-refractivity contribution is -0.115. The number of amides is 2. The molecule has 1 aliphatic rings. The summed E-state index contributed by atoms with van der Waals surface area (Å²) in [7, 11) is 1.51. The molecule has 1 saturated heterocycles. The van der Waals surface area contributed by atoms with Crippen molar-refractivity contribution in [3.8, 4) is 5.75 Å². The fraction of sp³-hybridized carbons (Fsp3) is 0.231. The number of nitrogens with one attached hydrogen (secondary N) is 1. The van der Waals surface area contributed by atoms with Crippen LogP contribution in [0.15, 0.2) is 23.1 Å². The summed E-state index contributed by atoms with van der Waals surface area (Å²) in [4.78, 5) is 23.0. The second kappa shape index (κ2) is 5.46. The third-order valence-electron chi connectivity index (χ3n) is 2.69. The van der Waals surface area contributed by atoms with E-state index in [0.29, 0.717) is 16.9 Å². The van der Waals surface area contributed by atoms with Crippen molar-refractivity contribution in [3.63, 3.8) is 0 Å². The SMILES string of the molecule is COc1cccc(C(C)O)c1/C=C1\SC(=O)NC1=O. The van der Waals surface area contributed by atoms with Crippen molar-refractivity contribution in [3.05, 3.63) is 34.2 Å². The van der Waals surface area contributed by atoms with Gasteiger partial charge in [0.2, 0.25) is 0 Å². The summed E-state index contributed by atoms with van der Waals surface area (Å²) in [5.41, 5.74) is 1.24. The highest BCUT2D eigenvalue weighted by Gasteiger charge is 2.26. The number of carbonyl (C=O) groups is 2. The van der Waals surface area contributed by atoms with Gasteiger partial charge in [0.25, 0.3) is 11.1 Å². The molecule has 0 radical (unpaired) electrons. The summed E-state index contributed by atoms with van der Waals surface area (Å²) in [5.74, 6) is 0.107. The van der Waals surface area contributed by atoms with Crippen LogP contribution in [-0.4, -0.2) is 23.4 Å². The Balaban J connectivity index is 2.52. The van der Waals surface area contributed by atoms with E-state index in [1.165, 1.54) is 7.11 Å². The van der Waals surface area contributed by atoms with Crippen LogP contribution in [0.25, 0.3) is 6.08 Å². The number of hydrogen-bond acceptors (Lipinski definition) is 5. The fourth-order valence-corrected chi connectivity index (χ4v) is 2.47. The third-order valence-corrected chi connectivity index (χ3v) is 3.50. The summed E-state index contributed by atoms with van der Waals surface area (Å²) in [6, 6.07) is 5.24. The first kappa shape index (κ1) is 13.6. The van der Waals surface area contributed by atoms with Crippen LogP contribution >= 0.6 is 11.8 Å². The van der Waals surface area contributed by atoms with Crippen molar-refractivity contribution >= 4 is 29.0 Å². The Morgan fingerprint density at radius 2 is 2.16 bits per heavy atom. The molecule has 0 saturated carbocycles. The zero-order chi connectivity index (χ0) is 14.0. The van der Waals surface area contributed by atoms with Crippen molar-refractivity contribution in [2.24, 2.45) is 0 Å². The van der Waals surface area contributed by atoms with Gasteiger partial charge in [-0.3, -0.25) is 14.9 Å². The molecule has 0 bridgehead atoms. The molecule has 1 aromatic carbocycles. The first-order chi connectivity index (χ1) is 9.02. The van der Waals surface area contributed by atoms with Gasteiger partial charge in [-0.2, -0.15) is 0 Å². The molecular weight excluding hydrogens is 266 g/mol. The minimum atomic E-state index is -0.702. The molecule has 1 atom stereocenters. The molecule has 0 aliphatic carbocycles. The molecule has 0 aromatic heterocycles. The van der Waals surface area contributed by atoms with E-state index < -0.39 is 17.3 Å². The maximum atomic E-state index is 11.5. The molecule has 1 heterocycles. The second-order valence-corrected chi connectivity index (χ2v) is 5.01. The van der Waals surface area contributed by atoms with Crippen LogP contribution in [0, 0.1) is 0 Å². The van der Waals surface area contributed by atoms with Gasteiger partial charge in [-0.1, -0.05) is 12.1 Å². The Morgan fingerprint density at radius 1 is 1.42 bits per heavy atom. The van der Waals surface area contributed by atoms with Crippen molar-refractivity contribution in [2.75, 3.05) is 7.11 Å². The van der Waals surface area contributed by atoms with Crippen LogP contribution < -0.4 is 10.1 Å². The summed E-state index contributed by atoms with van der Waals surface area (Å²) >= 11 is 0.832. The van der Waals surface area contributed by atoms with Gasteiger partial charge in [-0.25, -0.2) is 0 Å². The lowest BCUT2D eigenvalue weighted by atomic mass is 10.0. The molecule has 2 N–H and O–H groups in total. The lowest BCUT2D eigenvalue weighted by Crippen LogP contribution is -2.17. The number of hydrogen-bond donors (Lipinski definition) is 2. The minimum absolute atomic E-state index is 0.288. The minimum Gasteiger partial charge on any atom is -0.496 e. The molecule has 19 heavy (non-hydrogen) atoms. The number of thioether (sulfide) groups is 1. The van der Waals surface area contributed by atoms with Gasteiger partial charge < -0.3 is 9.84 Å². The standard InChI is InChI=1S/C13H13NO4S/c1-7(15)8-4-3-5-10(18-2)9(8)6-11-12(16)14-13(17)19-11/h3-7,15H,1-2H3,(H,14,16,17)/b11-6-. The monoisotopic (exact) mass is 279 g/mol. The Bertz CT molecular complexity index is 566. The molecule has 5 nitrogen and oxygen atoms in total. The number of benzene rings is 1. The number of aliphatic hydroxyl groups is 1. The Labute approximate surface area is 114 Å². The summed E-state index contributed by atoms with van der Waals surface area (Å²) < 4.78 is 5.23. The first-order valence-electron chi connectivity index (χ1n) is 5.62. The van der Waals surface area contributed by atoms with Gasteiger partial charge in [0.05, 0.1) is 18.1 Å². The highest BCUT2D eigenvalue weighted by molar-refractivity contribution is 8.18. The van der Waals surface area contributed by atoms with E-state index in [0.717, 1.165) is 11.8 Å². The number of ether oxygens (including phenoxy) is 1. The first-order valence-corrected chi connectivity index (χ1v) is 6.44. The molecule has 1 aliphatic heterocycles. The smallest absolute Gasteiger partial charge is 0.290 e. The number of methoxy groups -OCH3 is 1. The molecule has 1 unspecified atom stereocenters. The van der Waals surface area contributed by atoms with E-state index >= 15 is 0 Å². The van der Waals surface area contributed by atoms with Crippen molar-refractivity contribution in [1.82, 2.24) is 5.32 Å². The zero-order valence-electron chi connectivity index (χ0n) is 10.5. The molecule has 0 spiro atoms. The number of aliphatic hydroxyl groups excluding tert-OH is 1. The number of carbonyl (C=O) groups excluding carboxylic acids is 2. The van der Waals surface area contributed by atoms with Crippen LogP contribution in [0.1, 0.15) is 24.2 Å². The highest BCUT2D eigenvalue weighted by Crippen LogP contribution is 2.33. The topological polar surface area (TPSA) is 75.6 Å². The van der Waals surface area contributed by atoms with Crippen LogP contribution in [0.4, 0.5) is 4.79 Å². The lowest BCUT2D eigenvalue weighted by Gasteiger charge is -2.13. The Morgan fingerprint density at radius 3 is 2.68 bits per heavy atom. The molecule has 1 fully saturated rings. The zero-order valence-corrected chi connectivity index (χ0v) is 11.3. The highest BCUT2D eigenvalue weighted by atomic mass is 32.2. The molecule has 2 amide bonds. The van der Waals surface area contributed by atoms with E-state index in [1.54, 1.807) is 31.2 Å². The van der Waals surface area contributed by atoms with Crippen LogP contribution in [0.3, 0.4) is 0 Å². The molecule has 2 rings (SSSR count). The van der Waals surface area contributed by atoms with Gasteiger partial charge in [-0.05, 0) is 36.4 Å². The van der Waals surface area contributed by atoms with Gasteiger partial charge in [-0.15, -0.1) is 0 Å². The average molecular weight is 279 g/mol. The van der Waals surface area contributed by atoms with E-state index in [-0.39, 0.29) is 4.91 Å². The maximum absolute atomic E-state index is 11.5. The predicted molar refractivity (Wildman–Crippen MR) is 72.7 cm³/mol. The molecular formula is C13H13NO4S. The average Bonchev–Trinajstić information content (AvgIpc) is 2.67. The third kappa shape index (κ3) is 2.80. The van der Waals surface area contributed by atoms with Crippen LogP contribution in [0.5, 0.6) is 5.75 Å². The summed E-state index contributed by atoms with van der Waals surface area (Å²) in [6.07, 6.45) is 0.860. The van der Waals surface area contributed by atoms with Gasteiger partial charge in [0.15, 0.2) is 0 Å². The van der Waals surface area contributed by atoms with Crippen molar-refractivity contribution in [2.45, 2.75) is 13.0 Å². The normalized spacial score (nSPS) is 18.6. The Kier molecular flexibility index (Phi) is 3.92. The molecule has 1 aromatic rings. The summed E-state index contributed by atoms with van der Waals surface area (Å²) in [6.45, 7) is 1.63. The van der Waals surface area contributed by atoms with Crippen molar-refractivity contribution in [1.29, 1.82) is 0 Å². The van der Waals surface area contributed by atoms with Crippen molar-refractivity contribution < 1.29 is 19.4 Å². The van der Waals surface area contributed by atoms with E-state index in [2.05, 4.69) is 5.32 Å². The van der Waals surface area contributed by atoms with E-state index in [9.17, 15) is 14.7 Å². The molecule has 100 valence electrons. The largest absolute Gasteiger partial charge is 0.496 e. The fourth-order valence-electron chi connectivity index (χ4n) is 1.81. The predicted octanol–water partition coefficient (Wildman–Crippen LogP) is 2.07. The van der Waals surface area contributed by atoms with E-state index in [1.807, 2.05) is 0 Å². The Hall–Kier alpha value is -1.79. The number of rotatable bonds is 3.